The highest BCUT2D eigenvalue weighted by Gasteiger charge is 2.37. The highest BCUT2D eigenvalue weighted by molar-refractivity contribution is 6.08. The number of aryl methyl sites for hydroxylation is 1. The van der Waals surface area contributed by atoms with Crippen LogP contribution in [0.4, 0.5) is 10.1 Å². The fourth-order valence-corrected chi connectivity index (χ4v) is 2.05. The Morgan fingerprint density at radius 2 is 1.94 bits per heavy atom. The van der Waals surface area contributed by atoms with Gasteiger partial charge in [-0.25, -0.2) is 4.39 Å². The minimum absolute atomic E-state index is 0.161. The predicted octanol–water partition coefficient (Wildman–Crippen LogP) is 1.37. The van der Waals surface area contributed by atoms with E-state index in [1.165, 1.54) is 11.0 Å². The van der Waals surface area contributed by atoms with E-state index in [-0.39, 0.29) is 17.5 Å². The fourth-order valence-electron chi connectivity index (χ4n) is 2.05. The van der Waals surface area contributed by atoms with E-state index < -0.39 is 17.9 Å². The van der Waals surface area contributed by atoms with Crippen LogP contribution in [0.1, 0.15) is 19.4 Å². The first kappa shape index (κ1) is 12.5. The Morgan fingerprint density at radius 1 is 1.28 bits per heavy atom. The van der Waals surface area contributed by atoms with E-state index in [0.29, 0.717) is 0 Å². The topological polar surface area (TPSA) is 49.4 Å². The molecule has 1 aliphatic heterocycles. The Bertz CT molecular complexity index is 516. The Kier molecular flexibility index (Phi) is 3.07. The zero-order valence-corrected chi connectivity index (χ0v) is 10.5. The van der Waals surface area contributed by atoms with Crippen LogP contribution in [-0.2, 0) is 9.59 Å². The maximum atomic E-state index is 13.8. The number of hydrogen-bond donors (Lipinski definition) is 1. The van der Waals surface area contributed by atoms with E-state index in [4.69, 9.17) is 0 Å². The van der Waals surface area contributed by atoms with Crippen molar-refractivity contribution in [1.29, 1.82) is 0 Å². The van der Waals surface area contributed by atoms with Gasteiger partial charge in [0.15, 0.2) is 0 Å². The molecule has 1 aromatic rings. The van der Waals surface area contributed by atoms with Gasteiger partial charge in [0.05, 0.1) is 5.69 Å². The number of carbonyl (C=O) groups excluding carboxylic acids is 2. The fraction of sp³-hybridized carbons (Fsp3) is 0.385. The van der Waals surface area contributed by atoms with Crippen molar-refractivity contribution in [2.45, 2.75) is 32.9 Å². The minimum atomic E-state index is -0.704. The third kappa shape index (κ3) is 1.96. The molecule has 2 rings (SSSR count). The molecule has 1 N–H and O–H groups in total. The summed E-state index contributed by atoms with van der Waals surface area (Å²) in [4.78, 5) is 25.0. The molecular formula is C13H15FN2O2. The largest absolute Gasteiger partial charge is 0.343 e. The summed E-state index contributed by atoms with van der Waals surface area (Å²) in [6.45, 7) is 4.99. The number of halogens is 1. The van der Waals surface area contributed by atoms with E-state index in [9.17, 15) is 14.0 Å². The average Bonchev–Trinajstić information content (AvgIpc) is 2.31. The van der Waals surface area contributed by atoms with Gasteiger partial charge in [-0.05, 0) is 38.5 Å². The normalized spacial score (nSPS) is 24.1. The molecule has 2 amide bonds. The molecule has 2 unspecified atom stereocenters. The van der Waals surface area contributed by atoms with Gasteiger partial charge in [-0.15, -0.1) is 0 Å². The molecule has 5 heteroatoms. The number of rotatable bonds is 1. The van der Waals surface area contributed by atoms with Crippen molar-refractivity contribution in [3.05, 3.63) is 29.6 Å². The Morgan fingerprint density at radius 3 is 2.61 bits per heavy atom. The second-order valence-electron chi connectivity index (χ2n) is 4.57. The maximum absolute atomic E-state index is 13.8. The molecule has 0 spiro atoms. The van der Waals surface area contributed by atoms with Crippen LogP contribution in [0.5, 0.6) is 0 Å². The van der Waals surface area contributed by atoms with Gasteiger partial charge >= 0.3 is 0 Å². The van der Waals surface area contributed by atoms with Crippen molar-refractivity contribution in [3.8, 4) is 0 Å². The Hall–Kier alpha value is -1.91. The molecule has 0 radical (unpaired) electrons. The second-order valence-corrected chi connectivity index (χ2v) is 4.57. The molecule has 1 aliphatic rings. The van der Waals surface area contributed by atoms with Gasteiger partial charge in [-0.2, -0.15) is 0 Å². The number of benzene rings is 1. The van der Waals surface area contributed by atoms with Crippen molar-refractivity contribution in [1.82, 2.24) is 5.32 Å². The first-order valence-electron chi connectivity index (χ1n) is 5.81. The zero-order valence-electron chi connectivity index (χ0n) is 10.5. The molecule has 0 aliphatic carbocycles. The number of nitrogens with zero attached hydrogens (tertiary/aromatic N) is 1. The summed E-state index contributed by atoms with van der Waals surface area (Å²) in [6.07, 6.45) is 0. The van der Waals surface area contributed by atoms with Crippen LogP contribution in [0.25, 0.3) is 0 Å². The van der Waals surface area contributed by atoms with Gasteiger partial charge in [-0.1, -0.05) is 6.07 Å². The molecule has 4 nitrogen and oxygen atoms in total. The second kappa shape index (κ2) is 4.40. The van der Waals surface area contributed by atoms with Crippen molar-refractivity contribution in [3.63, 3.8) is 0 Å². The Balaban J connectivity index is 2.49. The van der Waals surface area contributed by atoms with Crippen molar-refractivity contribution >= 4 is 17.5 Å². The number of piperazine rings is 1. The molecule has 1 heterocycles. The molecule has 96 valence electrons. The highest BCUT2D eigenvalue weighted by Crippen LogP contribution is 2.25. The van der Waals surface area contributed by atoms with Crippen molar-refractivity contribution < 1.29 is 14.0 Å². The smallest absolute Gasteiger partial charge is 0.250 e. The molecular weight excluding hydrogens is 235 g/mol. The van der Waals surface area contributed by atoms with E-state index in [1.54, 1.807) is 26.0 Å². The lowest BCUT2D eigenvalue weighted by molar-refractivity contribution is -0.133. The molecule has 0 saturated carbocycles. The van der Waals surface area contributed by atoms with Crippen LogP contribution >= 0.6 is 0 Å². The molecule has 0 bridgehead atoms. The molecule has 1 aromatic carbocycles. The standard InChI is InChI=1S/C13H15FN2O2/c1-7-4-5-10(14)11(6-7)16-9(3)12(17)15-8(2)13(16)18/h4-6,8-9H,1-3H3,(H,15,17). The van der Waals surface area contributed by atoms with E-state index >= 15 is 0 Å². The van der Waals surface area contributed by atoms with E-state index in [0.717, 1.165) is 5.56 Å². The van der Waals surface area contributed by atoms with Crippen LogP contribution in [-0.4, -0.2) is 23.9 Å². The minimum Gasteiger partial charge on any atom is -0.343 e. The number of carbonyl (C=O) groups is 2. The first-order chi connectivity index (χ1) is 8.41. The highest BCUT2D eigenvalue weighted by atomic mass is 19.1. The molecule has 0 aromatic heterocycles. The van der Waals surface area contributed by atoms with Gasteiger partial charge in [0.25, 0.3) is 0 Å². The summed E-state index contributed by atoms with van der Waals surface area (Å²) in [5.74, 6) is -1.07. The van der Waals surface area contributed by atoms with Crippen LogP contribution in [0, 0.1) is 12.7 Å². The monoisotopic (exact) mass is 250 g/mol. The zero-order chi connectivity index (χ0) is 13.4. The summed E-state index contributed by atoms with van der Waals surface area (Å²) < 4.78 is 13.8. The van der Waals surface area contributed by atoms with E-state index in [2.05, 4.69) is 5.32 Å². The predicted molar refractivity (Wildman–Crippen MR) is 65.7 cm³/mol. The first-order valence-corrected chi connectivity index (χ1v) is 5.81. The number of hydrogen-bond acceptors (Lipinski definition) is 2. The van der Waals surface area contributed by atoms with Gasteiger partial charge in [0, 0.05) is 0 Å². The SMILES string of the molecule is Cc1ccc(F)c(N2C(=O)C(C)NC(=O)C2C)c1. The van der Waals surface area contributed by atoms with Crippen molar-refractivity contribution in [2.24, 2.45) is 0 Å². The summed E-state index contributed by atoms with van der Waals surface area (Å²) in [6, 6.07) is 3.18. The van der Waals surface area contributed by atoms with Crippen molar-refractivity contribution in [2.75, 3.05) is 4.90 Å². The van der Waals surface area contributed by atoms with Crippen LogP contribution in [0.2, 0.25) is 0 Å². The average molecular weight is 250 g/mol. The molecule has 1 saturated heterocycles. The van der Waals surface area contributed by atoms with Crippen LogP contribution < -0.4 is 10.2 Å². The summed E-state index contributed by atoms with van der Waals surface area (Å²) in [5, 5.41) is 2.56. The quantitative estimate of drug-likeness (QED) is 0.818. The molecule has 18 heavy (non-hydrogen) atoms. The summed E-state index contributed by atoms with van der Waals surface area (Å²) in [5.41, 5.74) is 0.999. The third-order valence-electron chi connectivity index (χ3n) is 3.09. The van der Waals surface area contributed by atoms with Gasteiger partial charge in [0.2, 0.25) is 11.8 Å². The third-order valence-corrected chi connectivity index (χ3v) is 3.09. The summed E-state index contributed by atoms with van der Waals surface area (Å²) in [7, 11) is 0. The van der Waals surface area contributed by atoms with Crippen LogP contribution in [0.3, 0.4) is 0 Å². The van der Waals surface area contributed by atoms with Crippen LogP contribution in [0.15, 0.2) is 18.2 Å². The number of anilines is 1. The lowest BCUT2D eigenvalue weighted by Gasteiger charge is -2.36. The molecule has 1 fully saturated rings. The number of nitrogens with one attached hydrogen (secondary N) is 1. The van der Waals surface area contributed by atoms with E-state index in [1.807, 2.05) is 6.92 Å². The maximum Gasteiger partial charge on any atom is 0.250 e. The lowest BCUT2D eigenvalue weighted by atomic mass is 10.1. The van der Waals surface area contributed by atoms with Gasteiger partial charge in [0.1, 0.15) is 17.9 Å². The van der Waals surface area contributed by atoms with Gasteiger partial charge in [-0.3, -0.25) is 14.5 Å². The lowest BCUT2D eigenvalue weighted by Crippen LogP contribution is -2.62. The number of amides is 2. The van der Waals surface area contributed by atoms with Gasteiger partial charge < -0.3 is 5.32 Å². The summed E-state index contributed by atoms with van der Waals surface area (Å²) >= 11 is 0. The molecule has 2 atom stereocenters. The Labute approximate surface area is 105 Å².